The van der Waals surface area contributed by atoms with Gasteiger partial charge in [-0.1, -0.05) is 25.4 Å². The molecule has 0 atom stereocenters. The van der Waals surface area contributed by atoms with Gasteiger partial charge in [-0.25, -0.2) is 0 Å². The summed E-state index contributed by atoms with van der Waals surface area (Å²) in [6, 6.07) is 5.84. The number of hydrogen-bond acceptors (Lipinski definition) is 2. The summed E-state index contributed by atoms with van der Waals surface area (Å²) in [6.07, 6.45) is 0.817. The molecule has 1 aromatic rings. The summed E-state index contributed by atoms with van der Waals surface area (Å²) in [6.45, 7) is 9.61. The zero-order chi connectivity index (χ0) is 13.0. The third-order valence-electron chi connectivity index (χ3n) is 2.60. The average Bonchev–Trinajstić information content (AvgIpc) is 2.25. The van der Waals surface area contributed by atoms with E-state index in [0.29, 0.717) is 22.5 Å². The van der Waals surface area contributed by atoms with Crippen LogP contribution in [0, 0.1) is 5.92 Å². The van der Waals surface area contributed by atoms with Crippen molar-refractivity contribution in [2.24, 2.45) is 5.92 Å². The molecule has 0 saturated heterocycles. The summed E-state index contributed by atoms with van der Waals surface area (Å²) in [5, 5.41) is 0.643. The number of aldehydes is 1. The fourth-order valence-electron chi connectivity index (χ4n) is 1.81. The van der Waals surface area contributed by atoms with Gasteiger partial charge in [0.1, 0.15) is 6.29 Å². The SMILES string of the molecule is CC(C)CN(c1ccc(C=O)cc1Cl)C(C)C. The fourth-order valence-corrected chi connectivity index (χ4v) is 2.11. The molecular weight excluding hydrogens is 234 g/mol. The molecule has 2 nitrogen and oxygen atoms in total. The minimum atomic E-state index is 0.386. The molecule has 0 aliphatic carbocycles. The van der Waals surface area contributed by atoms with Crippen LogP contribution in [0.4, 0.5) is 5.69 Å². The zero-order valence-corrected chi connectivity index (χ0v) is 11.7. The number of carbonyl (C=O) groups excluding carboxylic acids is 1. The van der Waals surface area contributed by atoms with Gasteiger partial charge < -0.3 is 4.90 Å². The number of anilines is 1. The van der Waals surface area contributed by atoms with Crippen molar-refractivity contribution in [1.29, 1.82) is 0 Å². The van der Waals surface area contributed by atoms with Gasteiger partial charge in [-0.3, -0.25) is 4.79 Å². The van der Waals surface area contributed by atoms with Crippen molar-refractivity contribution in [3.05, 3.63) is 28.8 Å². The maximum absolute atomic E-state index is 10.7. The number of rotatable bonds is 5. The molecule has 0 aliphatic heterocycles. The van der Waals surface area contributed by atoms with Gasteiger partial charge in [0.25, 0.3) is 0 Å². The second-order valence-corrected chi connectivity index (χ2v) is 5.38. The van der Waals surface area contributed by atoms with Crippen molar-refractivity contribution in [2.75, 3.05) is 11.4 Å². The monoisotopic (exact) mass is 253 g/mol. The first kappa shape index (κ1) is 14.0. The van der Waals surface area contributed by atoms with Crippen LogP contribution in [-0.2, 0) is 0 Å². The molecule has 17 heavy (non-hydrogen) atoms. The van der Waals surface area contributed by atoms with Crippen LogP contribution in [0.5, 0.6) is 0 Å². The van der Waals surface area contributed by atoms with Crippen LogP contribution in [0.25, 0.3) is 0 Å². The first-order valence-electron chi connectivity index (χ1n) is 5.97. The van der Waals surface area contributed by atoms with E-state index in [1.54, 1.807) is 6.07 Å². The van der Waals surface area contributed by atoms with E-state index in [4.69, 9.17) is 11.6 Å². The lowest BCUT2D eigenvalue weighted by atomic mass is 10.1. The Hall–Kier alpha value is -1.02. The summed E-state index contributed by atoms with van der Waals surface area (Å²) < 4.78 is 0. The maximum atomic E-state index is 10.7. The van der Waals surface area contributed by atoms with Crippen molar-refractivity contribution < 1.29 is 4.79 Å². The van der Waals surface area contributed by atoms with Crippen molar-refractivity contribution in [1.82, 2.24) is 0 Å². The van der Waals surface area contributed by atoms with Crippen molar-refractivity contribution in [2.45, 2.75) is 33.7 Å². The Morgan fingerprint density at radius 2 is 1.94 bits per heavy atom. The Morgan fingerprint density at radius 1 is 1.29 bits per heavy atom. The van der Waals surface area contributed by atoms with Crippen LogP contribution in [0.3, 0.4) is 0 Å². The number of halogens is 1. The normalized spacial score (nSPS) is 11.0. The van der Waals surface area contributed by atoms with Gasteiger partial charge in [-0.05, 0) is 38.0 Å². The highest BCUT2D eigenvalue weighted by Gasteiger charge is 2.15. The standard InChI is InChI=1S/C14H20ClNO/c1-10(2)8-16(11(3)4)14-6-5-12(9-17)7-13(14)15/h5-7,9-11H,8H2,1-4H3. The van der Waals surface area contributed by atoms with E-state index in [-0.39, 0.29) is 0 Å². The second-order valence-electron chi connectivity index (χ2n) is 4.97. The third-order valence-corrected chi connectivity index (χ3v) is 2.91. The first-order valence-corrected chi connectivity index (χ1v) is 6.35. The highest BCUT2D eigenvalue weighted by Crippen LogP contribution is 2.28. The number of nitrogens with zero attached hydrogens (tertiary/aromatic N) is 1. The molecule has 94 valence electrons. The predicted octanol–water partition coefficient (Wildman–Crippen LogP) is 4.02. The number of benzene rings is 1. The van der Waals surface area contributed by atoms with Gasteiger partial charge in [0.05, 0.1) is 10.7 Å². The third kappa shape index (κ3) is 3.74. The molecule has 0 unspecified atom stereocenters. The van der Waals surface area contributed by atoms with Gasteiger partial charge in [0.2, 0.25) is 0 Å². The molecule has 0 N–H and O–H groups in total. The second kappa shape index (κ2) is 6.06. The fraction of sp³-hybridized carbons (Fsp3) is 0.500. The summed E-state index contributed by atoms with van der Waals surface area (Å²) >= 11 is 6.23. The van der Waals surface area contributed by atoms with Gasteiger partial charge in [-0.15, -0.1) is 0 Å². The quantitative estimate of drug-likeness (QED) is 0.739. The molecule has 0 saturated carbocycles. The summed E-state index contributed by atoms with van der Waals surface area (Å²) in [7, 11) is 0. The van der Waals surface area contributed by atoms with Crippen LogP contribution in [-0.4, -0.2) is 18.9 Å². The Morgan fingerprint density at radius 3 is 2.35 bits per heavy atom. The molecule has 0 amide bonds. The Balaban J connectivity index is 3.05. The van der Waals surface area contributed by atoms with Gasteiger partial charge in [0, 0.05) is 18.2 Å². The summed E-state index contributed by atoms with van der Waals surface area (Å²) in [5.74, 6) is 0.569. The van der Waals surface area contributed by atoms with E-state index in [1.807, 2.05) is 12.1 Å². The molecule has 1 aromatic carbocycles. The van der Waals surface area contributed by atoms with Crippen LogP contribution < -0.4 is 4.90 Å². The van der Waals surface area contributed by atoms with Crippen LogP contribution in [0.15, 0.2) is 18.2 Å². The molecule has 0 bridgehead atoms. The molecule has 0 heterocycles. The highest BCUT2D eigenvalue weighted by molar-refractivity contribution is 6.33. The molecule has 3 heteroatoms. The van der Waals surface area contributed by atoms with E-state index in [9.17, 15) is 4.79 Å². The van der Waals surface area contributed by atoms with Gasteiger partial charge in [-0.2, -0.15) is 0 Å². The largest absolute Gasteiger partial charge is 0.368 e. The van der Waals surface area contributed by atoms with Crippen LogP contribution >= 0.6 is 11.6 Å². The Bertz CT molecular complexity index is 388. The average molecular weight is 254 g/mol. The lowest BCUT2D eigenvalue weighted by molar-refractivity contribution is 0.112. The van der Waals surface area contributed by atoms with E-state index in [2.05, 4.69) is 32.6 Å². The summed E-state index contributed by atoms with van der Waals surface area (Å²) in [5.41, 5.74) is 1.62. The van der Waals surface area contributed by atoms with Crippen molar-refractivity contribution >= 4 is 23.6 Å². The van der Waals surface area contributed by atoms with Gasteiger partial charge >= 0.3 is 0 Å². The van der Waals surface area contributed by atoms with Crippen molar-refractivity contribution in [3.63, 3.8) is 0 Å². The van der Waals surface area contributed by atoms with E-state index >= 15 is 0 Å². The van der Waals surface area contributed by atoms with E-state index < -0.39 is 0 Å². The predicted molar refractivity (Wildman–Crippen MR) is 74.2 cm³/mol. The lowest BCUT2D eigenvalue weighted by Gasteiger charge is -2.31. The van der Waals surface area contributed by atoms with E-state index in [1.165, 1.54) is 0 Å². The molecule has 1 rings (SSSR count). The zero-order valence-electron chi connectivity index (χ0n) is 10.9. The Kier molecular flexibility index (Phi) is 5.01. The number of carbonyl (C=O) groups is 1. The first-order chi connectivity index (χ1) is 7.95. The summed E-state index contributed by atoms with van der Waals surface area (Å²) in [4.78, 5) is 12.9. The van der Waals surface area contributed by atoms with E-state index in [0.717, 1.165) is 18.5 Å². The minimum Gasteiger partial charge on any atom is -0.368 e. The van der Waals surface area contributed by atoms with Crippen LogP contribution in [0.1, 0.15) is 38.1 Å². The van der Waals surface area contributed by atoms with Crippen LogP contribution in [0.2, 0.25) is 5.02 Å². The smallest absolute Gasteiger partial charge is 0.150 e. The molecular formula is C14H20ClNO. The topological polar surface area (TPSA) is 20.3 Å². The lowest BCUT2D eigenvalue weighted by Crippen LogP contribution is -2.34. The van der Waals surface area contributed by atoms with Crippen molar-refractivity contribution in [3.8, 4) is 0 Å². The molecule has 0 aliphatic rings. The minimum absolute atomic E-state index is 0.386. The Labute approximate surface area is 109 Å². The molecule has 0 aromatic heterocycles. The highest BCUT2D eigenvalue weighted by atomic mass is 35.5. The molecule has 0 spiro atoms. The molecule has 0 radical (unpaired) electrons. The van der Waals surface area contributed by atoms with Gasteiger partial charge in [0.15, 0.2) is 0 Å². The molecule has 0 fully saturated rings. The number of hydrogen-bond donors (Lipinski definition) is 0. The maximum Gasteiger partial charge on any atom is 0.150 e.